The van der Waals surface area contributed by atoms with Gasteiger partial charge in [-0.15, -0.1) is 0 Å². The average molecular weight is 338 g/mol. The molecule has 0 aliphatic carbocycles. The van der Waals surface area contributed by atoms with Crippen molar-refractivity contribution in [2.45, 2.75) is 0 Å². The molecule has 6 nitrogen and oxygen atoms in total. The summed E-state index contributed by atoms with van der Waals surface area (Å²) in [5.74, 6) is -0.665. The highest BCUT2D eigenvalue weighted by atomic mass is 79.9. The van der Waals surface area contributed by atoms with E-state index in [-0.39, 0.29) is 21.7 Å². The molecule has 0 unspecified atom stereocenters. The Balaban J connectivity index is 2.46. The van der Waals surface area contributed by atoms with Crippen LogP contribution in [0.5, 0.6) is 11.6 Å². The fourth-order valence-corrected chi connectivity index (χ4v) is 1.79. The topological polar surface area (TPSA) is 89.0 Å². The Morgan fingerprint density at radius 3 is 2.80 bits per heavy atom. The second-order valence-electron chi connectivity index (χ2n) is 3.56. The molecule has 0 spiro atoms. The van der Waals surface area contributed by atoms with Crippen LogP contribution in [0.25, 0.3) is 0 Å². The van der Waals surface area contributed by atoms with Crippen molar-refractivity contribution < 1.29 is 14.1 Å². The molecule has 1 aromatic carbocycles. The number of ether oxygens (including phenoxy) is 1. The number of rotatable bonds is 3. The predicted molar refractivity (Wildman–Crippen MR) is 69.8 cm³/mol. The van der Waals surface area contributed by atoms with Crippen LogP contribution in [0.2, 0.25) is 0 Å². The summed E-state index contributed by atoms with van der Waals surface area (Å²) in [6.45, 7) is 0. The Labute approximate surface area is 120 Å². The van der Waals surface area contributed by atoms with Gasteiger partial charge in [0.2, 0.25) is 0 Å². The number of hydrogen-bond acceptors (Lipinski definition) is 5. The van der Waals surface area contributed by atoms with Gasteiger partial charge >= 0.3 is 11.6 Å². The fraction of sp³-hybridized carbons (Fsp3) is 0. The molecule has 0 bridgehead atoms. The molecule has 0 N–H and O–H groups in total. The lowest BCUT2D eigenvalue weighted by Crippen LogP contribution is -1.99. The SMILES string of the molecule is N#Cc1ccnc(Oc2ccc(F)c(Br)c2)c1[N+](=O)[O-]. The molecule has 8 heteroatoms. The second kappa shape index (κ2) is 5.63. The van der Waals surface area contributed by atoms with Gasteiger partial charge in [-0.05, 0) is 40.2 Å². The molecule has 2 aromatic rings. The molecule has 20 heavy (non-hydrogen) atoms. The highest BCUT2D eigenvalue weighted by Gasteiger charge is 2.23. The molecule has 0 fully saturated rings. The van der Waals surface area contributed by atoms with Crippen LogP contribution in [0.1, 0.15) is 5.56 Å². The van der Waals surface area contributed by atoms with Crippen LogP contribution < -0.4 is 4.74 Å². The Bertz CT molecular complexity index is 730. The smallest absolute Gasteiger partial charge is 0.348 e. The van der Waals surface area contributed by atoms with Crippen molar-refractivity contribution in [3.05, 3.63) is 56.4 Å². The third kappa shape index (κ3) is 2.73. The molecule has 0 amide bonds. The summed E-state index contributed by atoms with van der Waals surface area (Å²) >= 11 is 2.97. The molecular weight excluding hydrogens is 333 g/mol. The van der Waals surface area contributed by atoms with E-state index in [1.54, 1.807) is 6.07 Å². The van der Waals surface area contributed by atoms with Crippen molar-refractivity contribution in [2.75, 3.05) is 0 Å². The zero-order chi connectivity index (χ0) is 14.7. The minimum Gasteiger partial charge on any atom is -0.434 e. The van der Waals surface area contributed by atoms with E-state index in [0.717, 1.165) is 6.07 Å². The van der Waals surface area contributed by atoms with Crippen LogP contribution in [0.3, 0.4) is 0 Å². The van der Waals surface area contributed by atoms with Crippen molar-refractivity contribution in [2.24, 2.45) is 0 Å². The van der Waals surface area contributed by atoms with Crippen LogP contribution in [0.4, 0.5) is 10.1 Å². The van der Waals surface area contributed by atoms with Crippen LogP contribution in [-0.4, -0.2) is 9.91 Å². The Morgan fingerprint density at radius 1 is 1.45 bits per heavy atom. The third-order valence-corrected chi connectivity index (χ3v) is 2.91. The number of benzene rings is 1. The van der Waals surface area contributed by atoms with E-state index in [9.17, 15) is 14.5 Å². The van der Waals surface area contributed by atoms with Crippen LogP contribution in [-0.2, 0) is 0 Å². The number of nitro groups is 1. The molecular formula is C12H5BrFN3O3. The van der Waals surface area contributed by atoms with Crippen molar-refractivity contribution in [3.63, 3.8) is 0 Å². The summed E-state index contributed by atoms with van der Waals surface area (Å²) in [7, 11) is 0. The summed E-state index contributed by atoms with van der Waals surface area (Å²) in [4.78, 5) is 14.0. The molecule has 1 heterocycles. The van der Waals surface area contributed by atoms with Gasteiger partial charge in [-0.2, -0.15) is 5.26 Å². The van der Waals surface area contributed by atoms with Gasteiger partial charge in [-0.1, -0.05) is 0 Å². The van der Waals surface area contributed by atoms with E-state index in [0.29, 0.717) is 0 Å². The number of aromatic nitrogens is 1. The first-order valence-electron chi connectivity index (χ1n) is 5.19. The number of nitrogens with zero attached hydrogens (tertiary/aromatic N) is 3. The van der Waals surface area contributed by atoms with Crippen LogP contribution in [0, 0.1) is 27.3 Å². The van der Waals surface area contributed by atoms with Crippen LogP contribution in [0.15, 0.2) is 34.9 Å². The minimum atomic E-state index is -0.751. The number of pyridine rings is 1. The van der Waals surface area contributed by atoms with E-state index in [1.165, 1.54) is 24.4 Å². The largest absolute Gasteiger partial charge is 0.434 e. The van der Waals surface area contributed by atoms with Gasteiger partial charge in [-0.25, -0.2) is 9.37 Å². The van der Waals surface area contributed by atoms with Gasteiger partial charge < -0.3 is 4.74 Å². The third-order valence-electron chi connectivity index (χ3n) is 2.30. The minimum absolute atomic E-state index is 0.147. The van der Waals surface area contributed by atoms with Gasteiger partial charge in [0.1, 0.15) is 23.2 Å². The first kappa shape index (κ1) is 13.9. The molecule has 0 radical (unpaired) electrons. The standard InChI is InChI=1S/C12H5BrFN3O3/c13-9-5-8(1-2-10(9)14)20-12-11(17(18)19)7(6-15)3-4-16-12/h1-5H. The highest BCUT2D eigenvalue weighted by molar-refractivity contribution is 9.10. The number of hydrogen-bond donors (Lipinski definition) is 0. The lowest BCUT2D eigenvalue weighted by atomic mass is 10.2. The van der Waals surface area contributed by atoms with Gasteiger partial charge in [0.15, 0.2) is 0 Å². The lowest BCUT2D eigenvalue weighted by Gasteiger charge is -2.06. The molecule has 0 saturated carbocycles. The Hall–Kier alpha value is -2.53. The van der Waals surface area contributed by atoms with Gasteiger partial charge in [0.05, 0.1) is 9.40 Å². The quantitative estimate of drug-likeness (QED) is 0.631. The van der Waals surface area contributed by atoms with E-state index in [2.05, 4.69) is 20.9 Å². The van der Waals surface area contributed by atoms with E-state index in [4.69, 9.17) is 10.00 Å². The molecule has 0 atom stereocenters. The van der Waals surface area contributed by atoms with Crippen molar-refractivity contribution in [3.8, 4) is 17.7 Å². The number of nitriles is 1. The maximum atomic E-state index is 13.1. The van der Waals surface area contributed by atoms with Crippen molar-refractivity contribution in [1.29, 1.82) is 5.26 Å². The molecule has 2 rings (SSSR count). The first-order valence-corrected chi connectivity index (χ1v) is 5.98. The maximum absolute atomic E-state index is 13.1. The molecule has 0 saturated heterocycles. The second-order valence-corrected chi connectivity index (χ2v) is 4.41. The summed E-state index contributed by atoms with van der Waals surface area (Å²) in [5.41, 5.74) is -0.698. The molecule has 100 valence electrons. The average Bonchev–Trinajstić information content (AvgIpc) is 2.42. The van der Waals surface area contributed by atoms with Gasteiger partial charge in [0, 0.05) is 6.20 Å². The molecule has 1 aromatic heterocycles. The van der Waals surface area contributed by atoms with E-state index in [1.807, 2.05) is 0 Å². The predicted octanol–water partition coefficient (Wildman–Crippen LogP) is 3.56. The first-order chi connectivity index (χ1) is 9.52. The zero-order valence-corrected chi connectivity index (χ0v) is 11.3. The summed E-state index contributed by atoms with van der Waals surface area (Å²) < 4.78 is 18.5. The van der Waals surface area contributed by atoms with Crippen molar-refractivity contribution >= 4 is 21.6 Å². The normalized spacial score (nSPS) is 9.85. The van der Waals surface area contributed by atoms with Gasteiger partial charge in [0.25, 0.3) is 0 Å². The zero-order valence-electron chi connectivity index (χ0n) is 9.71. The summed E-state index contributed by atoms with van der Waals surface area (Å²) in [6.07, 6.45) is 1.22. The maximum Gasteiger partial charge on any atom is 0.348 e. The van der Waals surface area contributed by atoms with Crippen molar-refractivity contribution in [1.82, 2.24) is 4.98 Å². The van der Waals surface area contributed by atoms with Crippen LogP contribution >= 0.6 is 15.9 Å². The molecule has 0 aliphatic heterocycles. The summed E-state index contributed by atoms with van der Waals surface area (Å²) in [6, 6.07) is 6.65. The van der Waals surface area contributed by atoms with Gasteiger partial charge in [-0.3, -0.25) is 10.1 Å². The molecule has 0 aliphatic rings. The highest BCUT2D eigenvalue weighted by Crippen LogP contribution is 2.33. The lowest BCUT2D eigenvalue weighted by molar-refractivity contribution is -0.386. The van der Waals surface area contributed by atoms with E-state index < -0.39 is 16.4 Å². The van der Waals surface area contributed by atoms with E-state index >= 15 is 0 Å². The Morgan fingerprint density at radius 2 is 2.20 bits per heavy atom. The fourth-order valence-electron chi connectivity index (χ4n) is 1.43. The Kier molecular flexibility index (Phi) is 3.91. The number of halogens is 2. The monoisotopic (exact) mass is 337 g/mol. The summed E-state index contributed by atoms with van der Waals surface area (Å²) in [5, 5.41) is 19.8.